The molecule has 2 rings (SSSR count). The number of hydrogen-bond acceptors (Lipinski definition) is 7. The van der Waals surface area contributed by atoms with Crippen molar-refractivity contribution in [3.63, 3.8) is 0 Å². The average Bonchev–Trinajstić information content (AvgIpc) is 3.19. The van der Waals surface area contributed by atoms with Crippen molar-refractivity contribution in [2.75, 3.05) is 54.9 Å². The summed E-state index contributed by atoms with van der Waals surface area (Å²) in [6, 6.07) is 0. The van der Waals surface area contributed by atoms with E-state index in [1.165, 1.54) is 0 Å². The molecule has 39 heavy (non-hydrogen) atoms. The van der Waals surface area contributed by atoms with Crippen LogP contribution in [-0.2, 0) is 48.2 Å². The number of hydrogen-bond donors (Lipinski definition) is 6. The maximum absolute atomic E-state index is 8.09. The molecule has 0 bridgehead atoms. The van der Waals surface area contributed by atoms with E-state index in [0.29, 0.717) is 13.2 Å². The Kier molecular flexibility index (Phi) is 70.9. The Balaban J connectivity index is -0.0000000422. The zero-order valence-electron chi connectivity index (χ0n) is 28.7. The second kappa shape index (κ2) is 43.6. The second-order valence-corrected chi connectivity index (χ2v) is 9.65. The van der Waals surface area contributed by atoms with Gasteiger partial charge in [-0.15, -0.1) is 0 Å². The molecule has 0 amide bonds. The normalized spacial score (nSPS) is 30.8. The molecule has 0 aliphatic heterocycles. The third-order valence-corrected chi connectivity index (χ3v) is 8.76. The first-order chi connectivity index (χ1) is 16.5. The van der Waals surface area contributed by atoms with Gasteiger partial charge >= 0.3 is 0 Å². The molecule has 0 aromatic rings. The van der Waals surface area contributed by atoms with Crippen molar-refractivity contribution >= 4 is 0 Å². The van der Waals surface area contributed by atoms with Crippen molar-refractivity contribution in [2.24, 2.45) is 59.2 Å². The van der Waals surface area contributed by atoms with Crippen LogP contribution in [0.4, 0.5) is 0 Å². The van der Waals surface area contributed by atoms with Crippen LogP contribution < -0.4 is 0 Å². The monoisotopic (exact) mass is 640 g/mol. The van der Waals surface area contributed by atoms with Gasteiger partial charge in [-0.1, -0.05) is 69.2 Å². The van der Waals surface area contributed by atoms with Crippen LogP contribution in [0, 0.1) is 74.0 Å². The molecule has 9 heteroatoms. The molecule has 2 aliphatic carbocycles. The van der Waals surface area contributed by atoms with E-state index in [-0.39, 0.29) is 71.5 Å². The van der Waals surface area contributed by atoms with Crippen LogP contribution in [-0.4, -0.2) is 85.5 Å². The van der Waals surface area contributed by atoms with Crippen molar-refractivity contribution in [2.45, 2.75) is 69.2 Å². The van der Waals surface area contributed by atoms with Crippen LogP contribution in [0.3, 0.4) is 0 Å². The fourth-order valence-corrected chi connectivity index (χ4v) is 5.02. The van der Waals surface area contributed by atoms with E-state index in [0.717, 1.165) is 87.6 Å². The molecule has 2 fully saturated rings. The van der Waals surface area contributed by atoms with Gasteiger partial charge < -0.3 is 50.2 Å². The molecule has 0 aromatic heterocycles. The maximum Gasteiger partial charge on any atom is 0.0698 e. The van der Waals surface area contributed by atoms with Gasteiger partial charge in [-0.2, -0.15) is 0 Å². The Hall–Kier alpha value is 1.15. The average molecular weight is 641 g/mol. The van der Waals surface area contributed by atoms with E-state index in [4.69, 9.17) is 30.6 Å². The summed E-state index contributed by atoms with van der Waals surface area (Å²) in [6.45, 7) is 24.7. The van der Waals surface area contributed by atoms with Gasteiger partial charge in [0.1, 0.15) is 0 Å². The van der Waals surface area contributed by atoms with Crippen molar-refractivity contribution < 1.29 is 78.8 Å². The first-order valence-corrected chi connectivity index (χ1v) is 13.1. The van der Waals surface area contributed by atoms with Crippen LogP contribution in [0.5, 0.6) is 0 Å². The molecule has 0 unspecified atom stereocenters. The third kappa shape index (κ3) is 26.5. The van der Waals surface area contributed by atoms with Crippen molar-refractivity contribution in [1.82, 2.24) is 0 Å². The van der Waals surface area contributed by atoms with Crippen LogP contribution in [0.2, 0.25) is 0 Å². The summed E-state index contributed by atoms with van der Waals surface area (Å²) in [6.07, 6.45) is 0. The summed E-state index contributed by atoms with van der Waals surface area (Å²) in [5.41, 5.74) is 0. The van der Waals surface area contributed by atoms with Crippen LogP contribution in [0.25, 0.3) is 0 Å². The van der Waals surface area contributed by atoms with Gasteiger partial charge in [0, 0.05) is 71.9 Å². The van der Waals surface area contributed by atoms with E-state index in [9.17, 15) is 0 Å². The molecule has 0 aromatic carbocycles. The molecular weight excluding hydrogens is 568 g/mol. The minimum Gasteiger partial charge on any atom is -0.400 e. The second-order valence-electron chi connectivity index (χ2n) is 9.65. The molecule has 0 heterocycles. The predicted octanol–water partition coefficient (Wildman–Crippen LogP) is 4.68. The zero-order valence-corrected chi connectivity index (χ0v) is 31.8. The molecule has 7 nitrogen and oxygen atoms in total. The molecule has 0 saturated heterocycles. The first kappa shape index (κ1) is 63.4. The summed E-state index contributed by atoms with van der Waals surface area (Å²) in [5.74, 6) is 9.35. The third-order valence-electron chi connectivity index (χ3n) is 8.76. The zero-order chi connectivity index (χ0) is 29.3. The van der Waals surface area contributed by atoms with Crippen molar-refractivity contribution in [3.8, 4) is 0 Å². The van der Waals surface area contributed by atoms with Crippen LogP contribution >= 0.6 is 0 Å². The predicted molar refractivity (Wildman–Crippen MR) is 162 cm³/mol. The molecule has 2 aliphatic rings. The van der Waals surface area contributed by atoms with E-state index in [2.05, 4.69) is 74.0 Å². The van der Waals surface area contributed by atoms with Crippen LogP contribution in [0.1, 0.15) is 69.2 Å². The van der Waals surface area contributed by atoms with Gasteiger partial charge in [0.05, 0.1) is 26.4 Å². The van der Waals surface area contributed by atoms with Crippen molar-refractivity contribution in [3.05, 3.63) is 14.9 Å². The fraction of sp³-hybridized carbons (Fsp3) is 0.933. The summed E-state index contributed by atoms with van der Waals surface area (Å²) in [7, 11) is 4.00. The maximum atomic E-state index is 8.09. The Morgan fingerprint density at radius 3 is 0.538 bits per heavy atom. The van der Waals surface area contributed by atoms with Gasteiger partial charge in [0.25, 0.3) is 0 Å². The summed E-state index contributed by atoms with van der Waals surface area (Å²) < 4.78 is 4.63. The summed E-state index contributed by atoms with van der Waals surface area (Å²) >= 11 is 0. The largest absolute Gasteiger partial charge is 0.400 e. The van der Waals surface area contributed by atoms with Crippen molar-refractivity contribution in [1.29, 1.82) is 0 Å². The molecule has 0 radical (unpaired) electrons. The van der Waals surface area contributed by atoms with Gasteiger partial charge in [0.15, 0.2) is 0 Å². The quantitative estimate of drug-likeness (QED) is 0.150. The SMILES string of the molecule is CC1C(C)C(C)C(C)C1C.CC1C(C)C(C)C(C)C1C.CO.CO.CO.CO.OCCOCCO.[CH3-].[CH3-].[Ti].[Ti]. The smallest absolute Gasteiger partial charge is 0.0698 e. The number of rotatable bonds is 4. The minimum atomic E-state index is 0. The molecule has 2 saturated carbocycles. The Bertz CT molecular complexity index is 273. The summed E-state index contributed by atoms with van der Waals surface area (Å²) in [5, 5.41) is 44.2. The van der Waals surface area contributed by atoms with E-state index < -0.39 is 0 Å². The Labute approximate surface area is 275 Å². The van der Waals surface area contributed by atoms with Gasteiger partial charge in [-0.25, -0.2) is 0 Å². The summed E-state index contributed by atoms with van der Waals surface area (Å²) in [4.78, 5) is 0. The fourth-order valence-electron chi connectivity index (χ4n) is 5.02. The Morgan fingerprint density at radius 1 is 0.359 bits per heavy atom. The number of ether oxygens (including phenoxy) is 1. The standard InChI is InChI=1S/2C10H20.C4H10O3.4CH4O.2CH3.2Ti/c2*1-6-7(2)9(4)10(5)8(6)3;5-1-3-7-4-2-6;4*1-2;;;;/h2*6-10H,1-5H3;5-6H,1-4H2;4*2H,1H3;2*1H3;;/q;;;;;;;2*-1;;. The number of aliphatic hydroxyl groups is 6. The number of aliphatic hydroxyl groups excluding tert-OH is 6. The molecular formula is C30H72O7Ti2-2. The molecule has 244 valence electrons. The van der Waals surface area contributed by atoms with Crippen LogP contribution in [0.15, 0.2) is 0 Å². The van der Waals surface area contributed by atoms with E-state index in [1.807, 2.05) is 0 Å². The first-order valence-electron chi connectivity index (χ1n) is 13.1. The minimum absolute atomic E-state index is 0. The van der Waals surface area contributed by atoms with E-state index >= 15 is 0 Å². The van der Waals surface area contributed by atoms with E-state index in [1.54, 1.807) is 0 Å². The Morgan fingerprint density at radius 2 is 0.462 bits per heavy atom. The van der Waals surface area contributed by atoms with Gasteiger partial charge in [-0.3, -0.25) is 0 Å². The van der Waals surface area contributed by atoms with Gasteiger partial charge in [0.2, 0.25) is 0 Å². The topological polar surface area (TPSA) is 131 Å². The molecule has 6 N–H and O–H groups in total. The molecule has 0 atom stereocenters. The van der Waals surface area contributed by atoms with Gasteiger partial charge in [-0.05, 0) is 59.2 Å². The molecule has 0 spiro atoms.